The zero-order valence-corrected chi connectivity index (χ0v) is 18.6. The number of hydrogen-bond donors (Lipinski definition) is 1. The average molecular weight is 429 g/mol. The second-order valence-electron chi connectivity index (χ2n) is 7.45. The molecule has 5 nitrogen and oxygen atoms in total. The summed E-state index contributed by atoms with van der Waals surface area (Å²) in [6.07, 6.45) is 0. The normalized spacial score (nSPS) is 10.8. The molecule has 1 heterocycles. The highest BCUT2D eigenvalue weighted by molar-refractivity contribution is 7.99. The van der Waals surface area contributed by atoms with Crippen LogP contribution in [0.4, 0.5) is 5.69 Å². The van der Waals surface area contributed by atoms with E-state index in [4.69, 9.17) is 0 Å². The number of nitrogens with one attached hydrogen (secondary N) is 1. The third-order valence-corrected chi connectivity index (χ3v) is 5.96. The minimum Gasteiger partial charge on any atom is -0.325 e. The van der Waals surface area contributed by atoms with Gasteiger partial charge in [-0.2, -0.15) is 0 Å². The molecule has 3 aromatic carbocycles. The summed E-state index contributed by atoms with van der Waals surface area (Å²) in [5, 5.41) is 12.6. The minimum absolute atomic E-state index is 0.0677. The lowest BCUT2D eigenvalue weighted by Gasteiger charge is -2.12. The van der Waals surface area contributed by atoms with Crippen LogP contribution in [0.15, 0.2) is 78.0 Å². The molecule has 6 heteroatoms. The lowest BCUT2D eigenvalue weighted by Crippen LogP contribution is -2.16. The van der Waals surface area contributed by atoms with Crippen molar-refractivity contribution in [3.8, 4) is 17.1 Å². The van der Waals surface area contributed by atoms with Gasteiger partial charge in [0.15, 0.2) is 11.0 Å². The van der Waals surface area contributed by atoms with Gasteiger partial charge in [0.2, 0.25) is 5.91 Å². The number of benzene rings is 3. The predicted molar refractivity (Wildman–Crippen MR) is 127 cm³/mol. The Morgan fingerprint density at radius 3 is 2.23 bits per heavy atom. The van der Waals surface area contributed by atoms with Crippen LogP contribution < -0.4 is 5.32 Å². The topological polar surface area (TPSA) is 59.8 Å². The maximum absolute atomic E-state index is 12.7. The van der Waals surface area contributed by atoms with Gasteiger partial charge in [-0.05, 0) is 44.0 Å². The summed E-state index contributed by atoms with van der Waals surface area (Å²) in [4.78, 5) is 12.7. The molecule has 0 aliphatic rings. The summed E-state index contributed by atoms with van der Waals surface area (Å²) in [5.41, 5.74) is 6.10. The Bertz CT molecular complexity index is 1180. The standard InChI is InChI=1S/C25H24N4OS/c1-17-12-14-20(15-13-17)24-27-28-25(29(24)21-10-5-4-6-11-21)31-16-22(30)26-23-18(2)8-7-9-19(23)3/h4-15H,16H2,1-3H3,(H,26,30). The van der Waals surface area contributed by atoms with E-state index in [1.165, 1.54) is 17.3 Å². The number of rotatable bonds is 6. The van der Waals surface area contributed by atoms with E-state index in [1.54, 1.807) is 0 Å². The highest BCUT2D eigenvalue weighted by atomic mass is 32.2. The minimum atomic E-state index is -0.0677. The number of nitrogens with zero attached hydrogens (tertiary/aromatic N) is 3. The van der Waals surface area contributed by atoms with Gasteiger partial charge < -0.3 is 5.32 Å². The van der Waals surface area contributed by atoms with Crippen LogP contribution in [0.5, 0.6) is 0 Å². The number of amides is 1. The first-order valence-electron chi connectivity index (χ1n) is 10.1. The second kappa shape index (κ2) is 9.18. The molecule has 1 N–H and O–H groups in total. The van der Waals surface area contributed by atoms with Crippen molar-refractivity contribution < 1.29 is 4.79 Å². The molecular formula is C25H24N4OS. The van der Waals surface area contributed by atoms with Gasteiger partial charge in [0, 0.05) is 16.9 Å². The molecule has 4 aromatic rings. The first-order chi connectivity index (χ1) is 15.0. The molecule has 0 radical (unpaired) electrons. The van der Waals surface area contributed by atoms with Crippen molar-refractivity contribution in [3.05, 3.63) is 89.5 Å². The van der Waals surface area contributed by atoms with Crippen molar-refractivity contribution in [3.63, 3.8) is 0 Å². The van der Waals surface area contributed by atoms with Gasteiger partial charge in [0.25, 0.3) is 0 Å². The third kappa shape index (κ3) is 4.70. The van der Waals surface area contributed by atoms with Crippen molar-refractivity contribution in [1.82, 2.24) is 14.8 Å². The first kappa shape index (κ1) is 20.9. The number of anilines is 1. The fourth-order valence-electron chi connectivity index (χ4n) is 3.38. The molecule has 156 valence electrons. The van der Waals surface area contributed by atoms with Crippen LogP contribution in [-0.4, -0.2) is 26.4 Å². The molecule has 0 spiro atoms. The molecule has 0 atom stereocenters. The lowest BCUT2D eigenvalue weighted by molar-refractivity contribution is -0.113. The van der Waals surface area contributed by atoms with Gasteiger partial charge in [-0.3, -0.25) is 9.36 Å². The monoisotopic (exact) mass is 428 g/mol. The maximum Gasteiger partial charge on any atom is 0.234 e. The lowest BCUT2D eigenvalue weighted by atomic mass is 10.1. The Hall–Kier alpha value is -3.38. The van der Waals surface area contributed by atoms with Gasteiger partial charge in [-0.15, -0.1) is 10.2 Å². The fourth-order valence-corrected chi connectivity index (χ4v) is 4.13. The molecule has 0 aliphatic heterocycles. The highest BCUT2D eigenvalue weighted by Crippen LogP contribution is 2.28. The summed E-state index contributed by atoms with van der Waals surface area (Å²) >= 11 is 1.38. The number of aromatic nitrogens is 3. The van der Waals surface area contributed by atoms with Crippen molar-refractivity contribution in [2.75, 3.05) is 11.1 Å². The Kier molecular flexibility index (Phi) is 6.18. The molecule has 0 fully saturated rings. The number of carbonyl (C=O) groups is 1. The summed E-state index contributed by atoms with van der Waals surface area (Å²) in [6.45, 7) is 6.05. The van der Waals surface area contributed by atoms with Crippen molar-refractivity contribution >= 4 is 23.4 Å². The number of thioether (sulfide) groups is 1. The van der Waals surface area contributed by atoms with Crippen molar-refractivity contribution in [1.29, 1.82) is 0 Å². The predicted octanol–water partition coefficient (Wildman–Crippen LogP) is 5.59. The van der Waals surface area contributed by atoms with Crippen LogP contribution in [0, 0.1) is 20.8 Å². The molecule has 0 bridgehead atoms. The molecule has 0 aliphatic carbocycles. The molecule has 0 saturated carbocycles. The van der Waals surface area contributed by atoms with E-state index in [-0.39, 0.29) is 11.7 Å². The first-order valence-corrected chi connectivity index (χ1v) is 11.1. The third-order valence-electron chi connectivity index (χ3n) is 5.04. The van der Waals surface area contributed by atoms with E-state index >= 15 is 0 Å². The zero-order chi connectivity index (χ0) is 21.8. The summed E-state index contributed by atoms with van der Waals surface area (Å²) in [6, 6.07) is 24.2. The molecule has 0 unspecified atom stereocenters. The Morgan fingerprint density at radius 2 is 1.55 bits per heavy atom. The van der Waals surface area contributed by atoms with Gasteiger partial charge in [0.05, 0.1) is 5.75 Å². The quantitative estimate of drug-likeness (QED) is 0.407. The molecule has 0 saturated heterocycles. The van der Waals surface area contributed by atoms with E-state index in [1.807, 2.05) is 79.1 Å². The molecular weight excluding hydrogens is 404 g/mol. The van der Waals surface area contributed by atoms with Crippen LogP contribution in [0.2, 0.25) is 0 Å². The Balaban J connectivity index is 1.60. The van der Waals surface area contributed by atoms with Gasteiger partial charge in [0.1, 0.15) is 0 Å². The van der Waals surface area contributed by atoms with Crippen LogP contribution in [-0.2, 0) is 4.79 Å². The zero-order valence-electron chi connectivity index (χ0n) is 17.8. The molecule has 1 aromatic heterocycles. The van der Waals surface area contributed by atoms with Gasteiger partial charge in [-0.25, -0.2) is 0 Å². The highest BCUT2D eigenvalue weighted by Gasteiger charge is 2.17. The van der Waals surface area contributed by atoms with Crippen LogP contribution >= 0.6 is 11.8 Å². The second-order valence-corrected chi connectivity index (χ2v) is 8.39. The maximum atomic E-state index is 12.7. The number of para-hydroxylation sites is 2. The van der Waals surface area contributed by atoms with Crippen molar-refractivity contribution in [2.24, 2.45) is 0 Å². The Morgan fingerprint density at radius 1 is 0.871 bits per heavy atom. The Labute approximate surface area is 186 Å². The number of carbonyl (C=O) groups excluding carboxylic acids is 1. The van der Waals surface area contributed by atoms with E-state index in [2.05, 4.69) is 34.6 Å². The average Bonchev–Trinajstić information content (AvgIpc) is 3.20. The summed E-state index contributed by atoms with van der Waals surface area (Å²) in [7, 11) is 0. The summed E-state index contributed by atoms with van der Waals surface area (Å²) < 4.78 is 2.00. The molecule has 4 rings (SSSR count). The van der Waals surface area contributed by atoms with E-state index in [0.717, 1.165) is 33.9 Å². The van der Waals surface area contributed by atoms with E-state index in [0.29, 0.717) is 5.16 Å². The fraction of sp³-hybridized carbons (Fsp3) is 0.160. The smallest absolute Gasteiger partial charge is 0.234 e. The summed E-state index contributed by atoms with van der Waals surface area (Å²) in [5.74, 6) is 0.929. The number of hydrogen-bond acceptors (Lipinski definition) is 4. The number of aryl methyl sites for hydroxylation is 3. The van der Waals surface area contributed by atoms with Gasteiger partial charge >= 0.3 is 0 Å². The SMILES string of the molecule is Cc1ccc(-c2nnc(SCC(=O)Nc3c(C)cccc3C)n2-c2ccccc2)cc1. The van der Waals surface area contributed by atoms with Crippen LogP contribution in [0.3, 0.4) is 0 Å². The molecule has 1 amide bonds. The van der Waals surface area contributed by atoms with Gasteiger partial charge in [-0.1, -0.05) is 78.0 Å². The van der Waals surface area contributed by atoms with Crippen LogP contribution in [0.25, 0.3) is 17.1 Å². The van der Waals surface area contributed by atoms with E-state index < -0.39 is 0 Å². The van der Waals surface area contributed by atoms with Crippen LogP contribution in [0.1, 0.15) is 16.7 Å². The largest absolute Gasteiger partial charge is 0.325 e. The van der Waals surface area contributed by atoms with Crippen molar-refractivity contribution in [2.45, 2.75) is 25.9 Å². The molecule has 31 heavy (non-hydrogen) atoms. The van der Waals surface area contributed by atoms with E-state index in [9.17, 15) is 4.79 Å².